The SMILES string of the molecule is Cc1ccc(CN2C[C@H](c3ccc4c(c3)OCO4)[C@H]3[C@@H]2C2CCN3CC2)cc1C. The Morgan fingerprint density at radius 3 is 2.55 bits per heavy atom. The molecule has 4 heteroatoms. The van der Waals surface area contributed by atoms with Gasteiger partial charge in [0.15, 0.2) is 11.5 Å². The van der Waals surface area contributed by atoms with Crippen molar-refractivity contribution in [1.82, 2.24) is 9.80 Å². The monoisotopic (exact) mass is 390 g/mol. The largest absolute Gasteiger partial charge is 0.454 e. The molecule has 5 aliphatic rings. The van der Waals surface area contributed by atoms with Gasteiger partial charge in [-0.15, -0.1) is 0 Å². The summed E-state index contributed by atoms with van der Waals surface area (Å²) in [4.78, 5) is 5.57. The standard InChI is InChI=1S/C25H30N2O2/c1-16-3-4-18(11-17(16)2)13-27-14-21(20-5-6-22-23(12-20)29-15-28-22)25-24(27)19-7-9-26(25)10-8-19/h3-6,11-12,19,21,24-25H,7-10,13-15H2,1-2H3/t21-,24+,25+/m1/s1. The van der Waals surface area contributed by atoms with Crippen molar-refractivity contribution in [2.75, 3.05) is 26.4 Å². The molecule has 0 aromatic heterocycles. The molecule has 0 saturated carbocycles. The lowest BCUT2D eigenvalue weighted by molar-refractivity contribution is -0.00870. The molecule has 0 unspecified atom stereocenters. The van der Waals surface area contributed by atoms with Crippen LogP contribution < -0.4 is 9.47 Å². The Balaban J connectivity index is 1.33. The van der Waals surface area contributed by atoms with E-state index in [0.29, 0.717) is 24.8 Å². The van der Waals surface area contributed by atoms with Crippen LogP contribution in [0.2, 0.25) is 0 Å². The Morgan fingerprint density at radius 1 is 0.897 bits per heavy atom. The van der Waals surface area contributed by atoms with E-state index in [4.69, 9.17) is 9.47 Å². The van der Waals surface area contributed by atoms with E-state index in [-0.39, 0.29) is 0 Å². The highest BCUT2D eigenvalue weighted by molar-refractivity contribution is 5.46. The fourth-order valence-electron chi connectivity index (χ4n) is 6.30. The van der Waals surface area contributed by atoms with Crippen LogP contribution in [0.25, 0.3) is 0 Å². The number of fused-ring (bicyclic) bond motifs is 3. The third kappa shape index (κ3) is 2.88. The number of benzene rings is 2. The lowest BCUT2D eigenvalue weighted by Crippen LogP contribution is -2.59. The molecule has 0 amide bonds. The van der Waals surface area contributed by atoms with E-state index in [1.54, 1.807) is 0 Å². The van der Waals surface area contributed by atoms with Gasteiger partial charge in [0.05, 0.1) is 0 Å². The van der Waals surface area contributed by atoms with E-state index < -0.39 is 0 Å². The summed E-state index contributed by atoms with van der Waals surface area (Å²) in [6, 6.07) is 14.9. The number of aryl methyl sites for hydroxylation is 2. The van der Waals surface area contributed by atoms with E-state index in [0.717, 1.165) is 30.5 Å². The maximum absolute atomic E-state index is 5.69. The molecule has 0 spiro atoms. The maximum atomic E-state index is 5.69. The summed E-state index contributed by atoms with van der Waals surface area (Å²) in [5, 5.41) is 0. The third-order valence-electron chi connectivity index (χ3n) is 7.88. The van der Waals surface area contributed by atoms with Crippen molar-refractivity contribution in [1.29, 1.82) is 0 Å². The topological polar surface area (TPSA) is 24.9 Å². The maximum Gasteiger partial charge on any atom is 0.231 e. The summed E-state index contributed by atoms with van der Waals surface area (Å²) in [7, 11) is 0. The lowest BCUT2D eigenvalue weighted by atomic mass is 9.75. The highest BCUT2D eigenvalue weighted by Crippen LogP contribution is 2.48. The van der Waals surface area contributed by atoms with Gasteiger partial charge in [-0.25, -0.2) is 0 Å². The van der Waals surface area contributed by atoms with Crippen molar-refractivity contribution >= 4 is 0 Å². The molecule has 0 N–H and O–H groups in total. The van der Waals surface area contributed by atoms with Gasteiger partial charge in [0.25, 0.3) is 0 Å². The van der Waals surface area contributed by atoms with Gasteiger partial charge in [0.2, 0.25) is 6.79 Å². The van der Waals surface area contributed by atoms with Crippen LogP contribution in [-0.4, -0.2) is 48.3 Å². The minimum atomic E-state index is 0.350. The first-order valence-electron chi connectivity index (χ1n) is 11.1. The fraction of sp³-hybridized carbons (Fsp3) is 0.520. The van der Waals surface area contributed by atoms with Crippen molar-refractivity contribution in [2.24, 2.45) is 5.92 Å². The van der Waals surface area contributed by atoms with E-state index in [9.17, 15) is 0 Å². The second kappa shape index (κ2) is 6.75. The fourth-order valence-corrected chi connectivity index (χ4v) is 6.30. The Kier molecular flexibility index (Phi) is 4.14. The van der Waals surface area contributed by atoms with E-state index in [1.165, 1.54) is 48.2 Å². The molecule has 4 saturated heterocycles. The average Bonchev–Trinajstić information content (AvgIpc) is 3.37. The Labute approximate surface area is 173 Å². The van der Waals surface area contributed by atoms with Gasteiger partial charge >= 0.3 is 0 Å². The molecule has 7 rings (SSSR count). The van der Waals surface area contributed by atoms with Crippen LogP contribution in [0.4, 0.5) is 0 Å². The molecule has 2 aromatic rings. The minimum Gasteiger partial charge on any atom is -0.454 e. The van der Waals surface area contributed by atoms with Gasteiger partial charge in [-0.2, -0.15) is 0 Å². The van der Waals surface area contributed by atoms with Gasteiger partial charge in [-0.1, -0.05) is 24.3 Å². The van der Waals surface area contributed by atoms with Gasteiger partial charge < -0.3 is 9.47 Å². The molecule has 152 valence electrons. The second-order valence-corrected chi connectivity index (χ2v) is 9.42. The predicted molar refractivity (Wildman–Crippen MR) is 114 cm³/mol. The Hall–Kier alpha value is -2.04. The van der Waals surface area contributed by atoms with Crippen molar-refractivity contribution in [3.05, 3.63) is 58.7 Å². The molecule has 0 aliphatic carbocycles. The second-order valence-electron chi connectivity index (χ2n) is 9.42. The molecule has 4 fully saturated rings. The zero-order valence-corrected chi connectivity index (χ0v) is 17.4. The van der Waals surface area contributed by atoms with Crippen LogP contribution in [0.3, 0.4) is 0 Å². The van der Waals surface area contributed by atoms with Crippen molar-refractivity contribution < 1.29 is 9.47 Å². The van der Waals surface area contributed by atoms with Crippen LogP contribution in [0.15, 0.2) is 36.4 Å². The Morgan fingerprint density at radius 2 is 1.72 bits per heavy atom. The molecule has 2 aromatic carbocycles. The summed E-state index contributed by atoms with van der Waals surface area (Å²) in [5.41, 5.74) is 5.66. The summed E-state index contributed by atoms with van der Waals surface area (Å²) in [5.74, 6) is 3.20. The highest BCUT2D eigenvalue weighted by Gasteiger charge is 2.53. The van der Waals surface area contributed by atoms with E-state index in [1.807, 2.05) is 0 Å². The van der Waals surface area contributed by atoms with Crippen LogP contribution in [0.1, 0.15) is 41.0 Å². The zero-order valence-electron chi connectivity index (χ0n) is 17.4. The van der Waals surface area contributed by atoms with Crippen molar-refractivity contribution in [3.63, 3.8) is 0 Å². The molecule has 4 nitrogen and oxygen atoms in total. The first kappa shape index (κ1) is 17.8. The number of hydrogen-bond donors (Lipinski definition) is 0. The zero-order chi connectivity index (χ0) is 19.5. The van der Waals surface area contributed by atoms with E-state index in [2.05, 4.69) is 60.0 Å². The summed E-state index contributed by atoms with van der Waals surface area (Å²) in [6.07, 6.45) is 2.72. The summed E-state index contributed by atoms with van der Waals surface area (Å²) >= 11 is 0. The molecule has 5 aliphatic heterocycles. The first-order chi connectivity index (χ1) is 14.2. The summed E-state index contributed by atoms with van der Waals surface area (Å²) < 4.78 is 11.2. The van der Waals surface area contributed by atoms with Crippen LogP contribution >= 0.6 is 0 Å². The third-order valence-corrected chi connectivity index (χ3v) is 7.88. The van der Waals surface area contributed by atoms with Crippen LogP contribution in [-0.2, 0) is 6.54 Å². The first-order valence-corrected chi connectivity index (χ1v) is 11.1. The van der Waals surface area contributed by atoms with E-state index >= 15 is 0 Å². The number of nitrogens with zero attached hydrogens (tertiary/aromatic N) is 2. The molecule has 2 bridgehead atoms. The molecular weight excluding hydrogens is 360 g/mol. The van der Waals surface area contributed by atoms with Crippen molar-refractivity contribution in [2.45, 2.75) is 51.2 Å². The normalized spacial score (nSPS) is 32.6. The highest BCUT2D eigenvalue weighted by atomic mass is 16.7. The van der Waals surface area contributed by atoms with Gasteiger partial charge in [-0.05, 0) is 80.1 Å². The number of ether oxygens (including phenoxy) is 2. The lowest BCUT2D eigenvalue weighted by Gasteiger charge is -2.51. The number of rotatable bonds is 3. The van der Waals surface area contributed by atoms with Gasteiger partial charge in [-0.3, -0.25) is 9.80 Å². The van der Waals surface area contributed by atoms with Gasteiger partial charge in [0, 0.05) is 31.1 Å². The molecule has 0 radical (unpaired) electrons. The quantitative estimate of drug-likeness (QED) is 0.788. The van der Waals surface area contributed by atoms with Crippen molar-refractivity contribution in [3.8, 4) is 11.5 Å². The van der Waals surface area contributed by atoms with Crippen LogP contribution in [0.5, 0.6) is 11.5 Å². The number of piperidine rings is 3. The number of likely N-dealkylation sites (tertiary alicyclic amines) is 1. The molecule has 5 heterocycles. The smallest absolute Gasteiger partial charge is 0.231 e. The Bertz CT molecular complexity index is 934. The molecular formula is C25H30N2O2. The van der Waals surface area contributed by atoms with Gasteiger partial charge in [0.1, 0.15) is 0 Å². The average molecular weight is 391 g/mol. The minimum absolute atomic E-state index is 0.350. The molecule has 3 atom stereocenters. The predicted octanol–water partition coefficient (Wildman–Crippen LogP) is 4.09. The number of hydrogen-bond acceptors (Lipinski definition) is 4. The summed E-state index contributed by atoms with van der Waals surface area (Å²) in [6.45, 7) is 9.52. The van der Waals surface area contributed by atoms with Crippen LogP contribution in [0, 0.1) is 19.8 Å². The molecule has 29 heavy (non-hydrogen) atoms.